The smallest absolute Gasteiger partial charge is 0.284 e. The summed E-state index contributed by atoms with van der Waals surface area (Å²) >= 11 is 0. The zero-order valence-corrected chi connectivity index (χ0v) is 21.9. The maximum Gasteiger partial charge on any atom is 0.284 e. The van der Waals surface area contributed by atoms with Gasteiger partial charge in [-0.25, -0.2) is 9.97 Å². The number of pyridine rings is 1. The number of methoxy groups -OCH3 is 2. The van der Waals surface area contributed by atoms with Crippen molar-refractivity contribution in [3.63, 3.8) is 0 Å². The number of ether oxygens (including phenoxy) is 2. The molecule has 2 aromatic heterocycles. The van der Waals surface area contributed by atoms with Gasteiger partial charge in [0.05, 0.1) is 27.2 Å². The fraction of sp³-hybridized carbons (Fsp3) is 0.276. The summed E-state index contributed by atoms with van der Waals surface area (Å²) < 4.78 is 11.9. The average molecular weight is 528 g/mol. The van der Waals surface area contributed by atoms with Gasteiger partial charge in [0.1, 0.15) is 17.0 Å². The summed E-state index contributed by atoms with van der Waals surface area (Å²) in [5.74, 6) is 0.987. The molecule has 2 aromatic carbocycles. The second kappa shape index (κ2) is 11.3. The molecule has 0 bridgehead atoms. The van der Waals surface area contributed by atoms with Crippen molar-refractivity contribution >= 4 is 23.0 Å². The van der Waals surface area contributed by atoms with Crippen LogP contribution in [0.1, 0.15) is 21.6 Å². The maximum absolute atomic E-state index is 13.5. The second-order valence-electron chi connectivity index (χ2n) is 9.24. The fourth-order valence-electron chi connectivity index (χ4n) is 4.61. The van der Waals surface area contributed by atoms with Crippen LogP contribution in [0, 0.1) is 0 Å². The topological polar surface area (TPSA) is 107 Å². The zero-order chi connectivity index (χ0) is 27.4. The van der Waals surface area contributed by atoms with Crippen molar-refractivity contribution in [1.29, 1.82) is 0 Å². The van der Waals surface area contributed by atoms with Crippen LogP contribution in [0.15, 0.2) is 71.7 Å². The van der Waals surface area contributed by atoms with E-state index in [2.05, 4.69) is 9.97 Å². The van der Waals surface area contributed by atoms with Gasteiger partial charge in [-0.2, -0.15) is 0 Å². The molecule has 0 atom stereocenters. The number of aromatic nitrogens is 3. The van der Waals surface area contributed by atoms with Crippen molar-refractivity contribution in [3.8, 4) is 11.5 Å². The Labute approximate surface area is 225 Å². The van der Waals surface area contributed by atoms with Crippen molar-refractivity contribution in [2.45, 2.75) is 13.0 Å². The van der Waals surface area contributed by atoms with Gasteiger partial charge in [-0.15, -0.1) is 0 Å². The van der Waals surface area contributed by atoms with Crippen molar-refractivity contribution < 1.29 is 19.1 Å². The molecule has 0 unspecified atom stereocenters. The Morgan fingerprint density at radius 1 is 0.821 bits per heavy atom. The van der Waals surface area contributed by atoms with Crippen LogP contribution in [0.3, 0.4) is 0 Å². The monoisotopic (exact) mass is 527 g/mol. The van der Waals surface area contributed by atoms with E-state index >= 15 is 0 Å². The Morgan fingerprint density at radius 3 is 2.03 bits per heavy atom. The number of carbonyl (C=O) groups excluding carboxylic acids is 2. The summed E-state index contributed by atoms with van der Waals surface area (Å²) in [5.41, 5.74) is 1.97. The van der Waals surface area contributed by atoms with Gasteiger partial charge in [-0.3, -0.25) is 19.0 Å². The fourth-order valence-corrected chi connectivity index (χ4v) is 4.61. The molecule has 10 nitrogen and oxygen atoms in total. The molecule has 0 spiro atoms. The molecule has 0 N–H and O–H groups in total. The van der Waals surface area contributed by atoms with Crippen LogP contribution in [0.2, 0.25) is 0 Å². The molecule has 2 amide bonds. The van der Waals surface area contributed by atoms with E-state index in [0.717, 1.165) is 16.9 Å². The van der Waals surface area contributed by atoms with Crippen LogP contribution in [0.4, 0.5) is 0 Å². The van der Waals surface area contributed by atoms with Crippen molar-refractivity contribution in [2.75, 3.05) is 40.4 Å². The third kappa shape index (κ3) is 5.59. The molecule has 10 heteroatoms. The molecular weight excluding hydrogens is 498 g/mol. The summed E-state index contributed by atoms with van der Waals surface area (Å²) in [6.45, 7) is 1.63. The van der Waals surface area contributed by atoms with Crippen LogP contribution >= 0.6 is 0 Å². The average Bonchev–Trinajstić information content (AvgIpc) is 2.99. The van der Waals surface area contributed by atoms with E-state index in [1.165, 1.54) is 4.57 Å². The van der Waals surface area contributed by atoms with Gasteiger partial charge < -0.3 is 19.3 Å². The van der Waals surface area contributed by atoms with E-state index in [0.29, 0.717) is 43.1 Å². The van der Waals surface area contributed by atoms with E-state index in [9.17, 15) is 14.4 Å². The van der Waals surface area contributed by atoms with Crippen LogP contribution in [0.5, 0.6) is 11.5 Å². The largest absolute Gasteiger partial charge is 0.497 e. The lowest BCUT2D eigenvalue weighted by Gasteiger charge is -2.34. The molecule has 5 rings (SSSR count). The van der Waals surface area contributed by atoms with E-state index in [1.54, 1.807) is 42.3 Å². The Balaban J connectivity index is 1.32. The molecule has 4 aromatic rings. The Hall–Kier alpha value is -4.73. The second-order valence-corrected chi connectivity index (χ2v) is 9.24. The molecule has 0 aliphatic carbocycles. The molecule has 1 aliphatic rings. The minimum absolute atomic E-state index is 0.0102. The highest BCUT2D eigenvalue weighted by molar-refractivity contribution is 5.93. The number of amides is 2. The molecule has 200 valence electrons. The molecule has 39 heavy (non-hydrogen) atoms. The van der Waals surface area contributed by atoms with Gasteiger partial charge in [0.15, 0.2) is 11.3 Å². The van der Waals surface area contributed by atoms with E-state index in [-0.39, 0.29) is 24.6 Å². The Morgan fingerprint density at radius 2 is 1.41 bits per heavy atom. The number of benzene rings is 2. The van der Waals surface area contributed by atoms with Crippen molar-refractivity contribution in [3.05, 3.63) is 94.0 Å². The van der Waals surface area contributed by atoms with E-state index < -0.39 is 11.5 Å². The number of carbonyl (C=O) groups is 2. The highest BCUT2D eigenvalue weighted by atomic mass is 16.5. The summed E-state index contributed by atoms with van der Waals surface area (Å²) in [6, 6.07) is 18.2. The molecule has 1 aliphatic heterocycles. The normalized spacial score (nSPS) is 13.4. The first-order valence-electron chi connectivity index (χ1n) is 12.7. The zero-order valence-electron chi connectivity index (χ0n) is 21.9. The quantitative estimate of drug-likeness (QED) is 0.363. The summed E-state index contributed by atoms with van der Waals surface area (Å²) in [7, 11) is 3.19. The van der Waals surface area contributed by atoms with Crippen LogP contribution in [-0.2, 0) is 17.8 Å². The number of piperazine rings is 1. The third-order valence-corrected chi connectivity index (χ3v) is 6.84. The predicted molar refractivity (Wildman–Crippen MR) is 145 cm³/mol. The number of hydrogen-bond acceptors (Lipinski definition) is 7. The van der Waals surface area contributed by atoms with Crippen LogP contribution < -0.4 is 15.0 Å². The van der Waals surface area contributed by atoms with Gasteiger partial charge in [-0.05, 0) is 47.5 Å². The number of nitrogens with zero attached hydrogens (tertiary/aromatic N) is 5. The van der Waals surface area contributed by atoms with Gasteiger partial charge in [0, 0.05) is 32.4 Å². The predicted octanol–water partition coefficient (Wildman–Crippen LogP) is 2.38. The number of hydrogen-bond donors (Lipinski definition) is 0. The first-order valence-corrected chi connectivity index (χ1v) is 12.7. The number of rotatable bonds is 7. The minimum Gasteiger partial charge on any atom is -0.497 e. The molecule has 1 saturated heterocycles. The molecule has 0 saturated carbocycles. The lowest BCUT2D eigenvalue weighted by atomic mass is 10.1. The Bertz CT molecular complexity index is 1540. The first kappa shape index (κ1) is 25.9. The van der Waals surface area contributed by atoms with E-state index in [1.807, 2.05) is 48.5 Å². The molecule has 1 fully saturated rings. The molecule has 3 heterocycles. The molecule has 0 radical (unpaired) electrons. The highest BCUT2D eigenvalue weighted by Crippen LogP contribution is 2.16. The summed E-state index contributed by atoms with van der Waals surface area (Å²) in [6.07, 6.45) is 1.87. The lowest BCUT2D eigenvalue weighted by Crippen LogP contribution is -2.52. The standard InChI is InChI=1S/C29H29N5O5/c1-38-22-9-5-20(6-10-22)18-25(35)32-14-16-33(17-15-32)28(36)26-29(37)34(27-24(31-26)4-3-13-30-27)19-21-7-11-23(39-2)12-8-21/h3-13H,14-19H2,1-2H3. The first-order chi connectivity index (χ1) is 19.0. The highest BCUT2D eigenvalue weighted by Gasteiger charge is 2.28. The van der Waals surface area contributed by atoms with Gasteiger partial charge >= 0.3 is 0 Å². The van der Waals surface area contributed by atoms with Gasteiger partial charge in [-0.1, -0.05) is 24.3 Å². The number of fused-ring (bicyclic) bond motifs is 1. The van der Waals surface area contributed by atoms with Crippen LogP contribution in [-0.4, -0.2) is 76.5 Å². The molecular formula is C29H29N5O5. The Kier molecular flexibility index (Phi) is 7.53. The summed E-state index contributed by atoms with van der Waals surface area (Å²) in [5, 5.41) is 0. The van der Waals surface area contributed by atoms with Crippen molar-refractivity contribution in [2.24, 2.45) is 0 Å². The summed E-state index contributed by atoms with van der Waals surface area (Å²) in [4.78, 5) is 51.9. The van der Waals surface area contributed by atoms with Crippen LogP contribution in [0.25, 0.3) is 11.2 Å². The van der Waals surface area contributed by atoms with Gasteiger partial charge in [0.25, 0.3) is 11.5 Å². The third-order valence-electron chi connectivity index (χ3n) is 6.84. The lowest BCUT2D eigenvalue weighted by molar-refractivity contribution is -0.131. The minimum atomic E-state index is -0.500. The van der Waals surface area contributed by atoms with Gasteiger partial charge in [0.2, 0.25) is 5.91 Å². The SMILES string of the molecule is COc1ccc(CC(=O)N2CCN(C(=O)c3nc4cccnc4n(Cc4ccc(OC)cc4)c3=O)CC2)cc1. The van der Waals surface area contributed by atoms with E-state index in [4.69, 9.17) is 9.47 Å². The maximum atomic E-state index is 13.5. The van der Waals surface area contributed by atoms with Crippen molar-refractivity contribution in [1.82, 2.24) is 24.3 Å².